The lowest BCUT2D eigenvalue weighted by Gasteiger charge is -2.17. The lowest BCUT2D eigenvalue weighted by atomic mass is 10.1. The van der Waals surface area contributed by atoms with Crippen molar-refractivity contribution in [2.24, 2.45) is 0 Å². The van der Waals surface area contributed by atoms with E-state index in [0.717, 1.165) is 11.1 Å². The van der Waals surface area contributed by atoms with E-state index in [-0.39, 0.29) is 24.0 Å². The third-order valence-electron chi connectivity index (χ3n) is 3.29. The largest absolute Gasteiger partial charge is 0.478 e. The van der Waals surface area contributed by atoms with Crippen molar-refractivity contribution in [3.05, 3.63) is 69.4 Å². The molecule has 116 valence electrons. The highest BCUT2D eigenvalue weighted by atomic mass is 79.9. The van der Waals surface area contributed by atoms with Gasteiger partial charge in [0, 0.05) is 11.0 Å². The number of carboxylic acids is 1. The number of aliphatic hydroxyl groups excluding tert-OH is 1. The topological polar surface area (TPSA) is 69.6 Å². The molecule has 0 aliphatic rings. The van der Waals surface area contributed by atoms with E-state index in [2.05, 4.69) is 21.2 Å². The number of hydrogen-bond acceptors (Lipinski definition) is 3. The van der Waals surface area contributed by atoms with Crippen LogP contribution < -0.4 is 5.32 Å². The number of nitrogens with one attached hydrogen (secondary N) is 1. The molecule has 0 radical (unpaired) electrons. The molecule has 6 heteroatoms. The van der Waals surface area contributed by atoms with Crippen LogP contribution >= 0.6 is 15.9 Å². The van der Waals surface area contributed by atoms with Gasteiger partial charge < -0.3 is 15.5 Å². The van der Waals surface area contributed by atoms with E-state index in [1.165, 1.54) is 24.3 Å². The maximum Gasteiger partial charge on any atom is 0.335 e. The Kier molecular flexibility index (Phi) is 5.65. The van der Waals surface area contributed by atoms with E-state index < -0.39 is 5.97 Å². The fraction of sp³-hybridized carbons (Fsp3) is 0.188. The summed E-state index contributed by atoms with van der Waals surface area (Å²) in [4.78, 5) is 10.9. The van der Waals surface area contributed by atoms with Gasteiger partial charge in [-0.1, -0.05) is 34.1 Å². The van der Waals surface area contributed by atoms with Gasteiger partial charge in [0.1, 0.15) is 5.82 Å². The Hall–Kier alpha value is -1.76. The Morgan fingerprint density at radius 3 is 2.45 bits per heavy atom. The summed E-state index contributed by atoms with van der Waals surface area (Å²) in [6, 6.07) is 10.4. The second-order valence-corrected chi connectivity index (χ2v) is 5.63. The number of carbonyl (C=O) groups is 1. The monoisotopic (exact) mass is 367 g/mol. The maximum atomic E-state index is 12.9. The van der Waals surface area contributed by atoms with Crippen molar-refractivity contribution in [3.63, 3.8) is 0 Å². The Bertz CT molecular complexity index is 661. The Balaban J connectivity index is 2.07. The van der Waals surface area contributed by atoms with Crippen LogP contribution in [0.25, 0.3) is 0 Å². The van der Waals surface area contributed by atoms with Gasteiger partial charge in [-0.05, 0) is 35.4 Å². The van der Waals surface area contributed by atoms with Crippen LogP contribution in [-0.4, -0.2) is 22.8 Å². The Morgan fingerprint density at radius 1 is 1.23 bits per heavy atom. The van der Waals surface area contributed by atoms with Crippen LogP contribution in [0.1, 0.15) is 27.5 Å². The zero-order valence-corrected chi connectivity index (χ0v) is 13.2. The van der Waals surface area contributed by atoms with E-state index in [1.54, 1.807) is 18.2 Å². The third-order valence-corrected chi connectivity index (χ3v) is 4.03. The molecule has 0 saturated carbocycles. The predicted molar refractivity (Wildman–Crippen MR) is 84.2 cm³/mol. The molecule has 0 spiro atoms. The first kappa shape index (κ1) is 16.6. The SMILES string of the molecule is O=C(O)c1ccc(CN[C@H](CO)c2ccc(F)cc2)c(Br)c1. The van der Waals surface area contributed by atoms with Crippen molar-refractivity contribution < 1.29 is 19.4 Å². The molecule has 2 aromatic rings. The second-order valence-electron chi connectivity index (χ2n) is 4.78. The van der Waals surface area contributed by atoms with Gasteiger partial charge in [-0.15, -0.1) is 0 Å². The molecule has 0 aliphatic heterocycles. The first-order valence-electron chi connectivity index (χ1n) is 6.62. The highest BCUT2D eigenvalue weighted by Gasteiger charge is 2.12. The number of aliphatic hydroxyl groups is 1. The van der Waals surface area contributed by atoms with Crippen LogP contribution in [0, 0.1) is 5.82 Å². The van der Waals surface area contributed by atoms with Gasteiger partial charge in [-0.3, -0.25) is 0 Å². The minimum atomic E-state index is -0.986. The molecule has 3 N–H and O–H groups in total. The molecular weight excluding hydrogens is 353 g/mol. The van der Waals surface area contributed by atoms with E-state index >= 15 is 0 Å². The number of halogens is 2. The number of rotatable bonds is 6. The molecule has 22 heavy (non-hydrogen) atoms. The number of aromatic carboxylic acids is 1. The van der Waals surface area contributed by atoms with Crippen molar-refractivity contribution >= 4 is 21.9 Å². The fourth-order valence-corrected chi connectivity index (χ4v) is 2.56. The lowest BCUT2D eigenvalue weighted by molar-refractivity contribution is 0.0697. The summed E-state index contributed by atoms with van der Waals surface area (Å²) in [5, 5.41) is 21.6. The molecule has 2 aromatic carbocycles. The van der Waals surface area contributed by atoms with E-state index in [0.29, 0.717) is 11.0 Å². The van der Waals surface area contributed by atoms with Crippen LogP contribution in [0.4, 0.5) is 4.39 Å². The summed E-state index contributed by atoms with van der Waals surface area (Å²) in [5.74, 6) is -1.31. The highest BCUT2D eigenvalue weighted by Crippen LogP contribution is 2.20. The average Bonchev–Trinajstić information content (AvgIpc) is 2.50. The van der Waals surface area contributed by atoms with Gasteiger partial charge >= 0.3 is 5.97 Å². The normalized spacial score (nSPS) is 12.1. The van der Waals surface area contributed by atoms with E-state index in [4.69, 9.17) is 5.11 Å². The van der Waals surface area contributed by atoms with Crippen molar-refractivity contribution in [2.45, 2.75) is 12.6 Å². The molecule has 2 rings (SSSR count). The van der Waals surface area contributed by atoms with Crippen LogP contribution in [0.3, 0.4) is 0 Å². The summed E-state index contributed by atoms with van der Waals surface area (Å²) < 4.78 is 13.6. The van der Waals surface area contributed by atoms with Crippen LogP contribution in [0.2, 0.25) is 0 Å². The summed E-state index contributed by atoms with van der Waals surface area (Å²) in [6.45, 7) is 0.305. The molecule has 4 nitrogen and oxygen atoms in total. The first-order valence-corrected chi connectivity index (χ1v) is 7.42. The second kappa shape index (κ2) is 7.49. The molecule has 0 fully saturated rings. The quantitative estimate of drug-likeness (QED) is 0.733. The molecule has 0 amide bonds. The number of carboxylic acid groups (broad SMARTS) is 1. The molecule has 0 aromatic heterocycles. The summed E-state index contributed by atoms with van der Waals surface area (Å²) >= 11 is 3.34. The molecule has 0 unspecified atom stereocenters. The van der Waals surface area contributed by atoms with Gasteiger partial charge in [0.15, 0.2) is 0 Å². The zero-order valence-electron chi connectivity index (χ0n) is 11.6. The van der Waals surface area contributed by atoms with Gasteiger partial charge in [0.05, 0.1) is 18.2 Å². The van der Waals surface area contributed by atoms with Crippen molar-refractivity contribution in [2.75, 3.05) is 6.61 Å². The average molecular weight is 368 g/mol. The standard InChI is InChI=1S/C16H15BrFNO3/c17-14-7-11(16(21)22)1-2-12(14)8-19-15(9-20)10-3-5-13(18)6-4-10/h1-7,15,19-20H,8-9H2,(H,21,22)/t15-/m1/s1. The minimum absolute atomic E-state index is 0.129. The van der Waals surface area contributed by atoms with Gasteiger partial charge in [-0.25, -0.2) is 9.18 Å². The maximum absolute atomic E-state index is 12.9. The minimum Gasteiger partial charge on any atom is -0.478 e. The summed E-state index contributed by atoms with van der Waals surface area (Å²) in [6.07, 6.45) is 0. The van der Waals surface area contributed by atoms with Crippen molar-refractivity contribution in [1.82, 2.24) is 5.32 Å². The van der Waals surface area contributed by atoms with E-state index in [9.17, 15) is 14.3 Å². The molecule has 0 bridgehead atoms. The number of benzene rings is 2. The van der Waals surface area contributed by atoms with E-state index in [1.807, 2.05) is 0 Å². The molecule has 1 atom stereocenters. The van der Waals surface area contributed by atoms with Crippen LogP contribution in [-0.2, 0) is 6.54 Å². The molecule has 0 aliphatic carbocycles. The predicted octanol–water partition coefficient (Wildman–Crippen LogP) is 3.11. The van der Waals surface area contributed by atoms with Crippen LogP contribution in [0.15, 0.2) is 46.9 Å². The van der Waals surface area contributed by atoms with Crippen LogP contribution in [0.5, 0.6) is 0 Å². The van der Waals surface area contributed by atoms with Crippen molar-refractivity contribution in [3.8, 4) is 0 Å². The number of hydrogen-bond donors (Lipinski definition) is 3. The smallest absolute Gasteiger partial charge is 0.335 e. The molecular formula is C16H15BrFNO3. The fourth-order valence-electron chi connectivity index (χ4n) is 2.04. The third kappa shape index (κ3) is 4.13. The first-order chi connectivity index (χ1) is 10.5. The van der Waals surface area contributed by atoms with Crippen molar-refractivity contribution in [1.29, 1.82) is 0 Å². The summed E-state index contributed by atoms with van der Waals surface area (Å²) in [7, 11) is 0. The van der Waals surface area contributed by atoms with Gasteiger partial charge in [0.2, 0.25) is 0 Å². The highest BCUT2D eigenvalue weighted by molar-refractivity contribution is 9.10. The Labute approximate surface area is 135 Å². The lowest BCUT2D eigenvalue weighted by Crippen LogP contribution is -2.24. The summed E-state index contributed by atoms with van der Waals surface area (Å²) in [5.41, 5.74) is 1.85. The molecule has 0 heterocycles. The zero-order chi connectivity index (χ0) is 16.1. The van der Waals surface area contributed by atoms with Gasteiger partial charge in [-0.2, -0.15) is 0 Å². The molecule has 0 saturated heterocycles. The van der Waals surface area contributed by atoms with Gasteiger partial charge in [0.25, 0.3) is 0 Å². The Morgan fingerprint density at radius 2 is 1.91 bits per heavy atom.